The van der Waals surface area contributed by atoms with E-state index < -0.39 is 5.91 Å². The second kappa shape index (κ2) is 9.94. The Bertz CT molecular complexity index is 523. The molecule has 1 aromatic rings. The zero-order chi connectivity index (χ0) is 15.5. The Kier molecular flexibility index (Phi) is 8.12. The van der Waals surface area contributed by atoms with Crippen molar-refractivity contribution < 1.29 is 14.6 Å². The van der Waals surface area contributed by atoms with Gasteiger partial charge in [0.15, 0.2) is 0 Å². The van der Waals surface area contributed by atoms with E-state index in [9.17, 15) is 4.79 Å². The molecule has 112 valence electrons. The Balaban J connectivity index is 2.45. The Hall–Kier alpha value is -1.88. The quantitative estimate of drug-likeness (QED) is 0.373. The number of rotatable bonds is 8. The van der Waals surface area contributed by atoms with Crippen LogP contribution < -0.4 is 10.6 Å². The highest BCUT2D eigenvalue weighted by Crippen LogP contribution is 2.14. The first-order valence-electron chi connectivity index (χ1n) is 6.26. The number of ether oxygens (including phenoxy) is 1. The largest absolute Gasteiger partial charge is 0.394 e. The van der Waals surface area contributed by atoms with E-state index in [1.165, 1.54) is 6.20 Å². The Morgan fingerprint density at radius 2 is 2.10 bits per heavy atom. The van der Waals surface area contributed by atoms with Crippen LogP contribution in [0.1, 0.15) is 0 Å². The summed E-state index contributed by atoms with van der Waals surface area (Å²) in [5, 5.41) is 22.9. The van der Waals surface area contributed by atoms with Gasteiger partial charge in [-0.05, 0) is 24.3 Å². The van der Waals surface area contributed by atoms with Gasteiger partial charge in [0.1, 0.15) is 11.6 Å². The van der Waals surface area contributed by atoms with Crippen molar-refractivity contribution in [2.24, 2.45) is 0 Å². The number of hydrogen-bond donors (Lipinski definition) is 3. The summed E-state index contributed by atoms with van der Waals surface area (Å²) in [7, 11) is 0. The maximum atomic E-state index is 11.9. The molecule has 1 rings (SSSR count). The fraction of sp³-hybridized carbons (Fsp3) is 0.286. The number of carbonyl (C=O) groups is 1. The van der Waals surface area contributed by atoms with Gasteiger partial charge >= 0.3 is 0 Å². The number of halogens is 1. The molecule has 0 saturated heterocycles. The molecule has 0 fully saturated rings. The van der Waals surface area contributed by atoms with Crippen molar-refractivity contribution in [2.45, 2.75) is 0 Å². The molecule has 1 aromatic carbocycles. The number of anilines is 1. The average Bonchev–Trinajstić information content (AvgIpc) is 2.49. The van der Waals surface area contributed by atoms with Crippen molar-refractivity contribution >= 4 is 27.5 Å². The fourth-order valence-electron chi connectivity index (χ4n) is 1.35. The lowest BCUT2D eigenvalue weighted by Gasteiger charge is -2.05. The van der Waals surface area contributed by atoms with Crippen LogP contribution in [0.3, 0.4) is 0 Å². The number of benzene rings is 1. The molecule has 0 atom stereocenters. The number of nitrogens with one attached hydrogen (secondary N) is 2. The van der Waals surface area contributed by atoms with Gasteiger partial charge in [-0.3, -0.25) is 4.79 Å². The molecule has 3 N–H and O–H groups in total. The Labute approximate surface area is 131 Å². The number of amides is 1. The molecular weight excluding hydrogens is 338 g/mol. The van der Waals surface area contributed by atoms with Gasteiger partial charge in [-0.1, -0.05) is 15.9 Å². The van der Waals surface area contributed by atoms with E-state index in [4.69, 9.17) is 15.1 Å². The van der Waals surface area contributed by atoms with Crippen LogP contribution in [0.25, 0.3) is 0 Å². The maximum Gasteiger partial charge on any atom is 0.267 e. The summed E-state index contributed by atoms with van der Waals surface area (Å²) in [5.41, 5.74) is 0.579. The lowest BCUT2D eigenvalue weighted by molar-refractivity contribution is -0.112. The highest BCUT2D eigenvalue weighted by atomic mass is 79.9. The monoisotopic (exact) mass is 353 g/mol. The second-order valence-electron chi connectivity index (χ2n) is 3.92. The third-order valence-electron chi connectivity index (χ3n) is 2.34. The summed E-state index contributed by atoms with van der Waals surface area (Å²) < 4.78 is 5.94. The Morgan fingerprint density at radius 1 is 1.38 bits per heavy atom. The van der Waals surface area contributed by atoms with Gasteiger partial charge in [0.2, 0.25) is 0 Å². The first kappa shape index (κ1) is 17.2. The topological polar surface area (TPSA) is 94.4 Å². The van der Waals surface area contributed by atoms with Gasteiger partial charge in [-0.2, -0.15) is 5.26 Å². The van der Waals surface area contributed by atoms with Crippen molar-refractivity contribution in [3.63, 3.8) is 0 Å². The maximum absolute atomic E-state index is 11.9. The standard InChI is InChI=1S/C14H16BrN3O3/c15-12-1-3-13(4-2-12)18-14(20)11(9-16)10-17-5-7-21-8-6-19/h1-4,10,17,19H,5-8H2,(H,18,20)/b11-10-. The van der Waals surface area contributed by atoms with E-state index >= 15 is 0 Å². The van der Waals surface area contributed by atoms with Gasteiger partial charge in [0.25, 0.3) is 5.91 Å². The van der Waals surface area contributed by atoms with Crippen LogP contribution in [-0.2, 0) is 9.53 Å². The molecule has 0 heterocycles. The molecule has 21 heavy (non-hydrogen) atoms. The average molecular weight is 354 g/mol. The first-order valence-corrected chi connectivity index (χ1v) is 7.06. The minimum Gasteiger partial charge on any atom is -0.394 e. The molecule has 0 aliphatic carbocycles. The number of aliphatic hydroxyl groups excluding tert-OH is 1. The number of nitriles is 1. The minimum absolute atomic E-state index is 0.0277. The van der Waals surface area contributed by atoms with Crippen molar-refractivity contribution in [2.75, 3.05) is 31.7 Å². The molecule has 0 saturated carbocycles. The van der Waals surface area contributed by atoms with E-state index in [0.29, 0.717) is 18.8 Å². The molecule has 0 aliphatic heterocycles. The molecule has 0 spiro atoms. The van der Waals surface area contributed by atoms with Crippen LogP contribution in [0.15, 0.2) is 40.5 Å². The third kappa shape index (κ3) is 6.90. The van der Waals surface area contributed by atoms with Gasteiger partial charge in [0, 0.05) is 22.9 Å². The summed E-state index contributed by atoms with van der Waals surface area (Å²) in [5.74, 6) is -0.483. The highest BCUT2D eigenvalue weighted by Gasteiger charge is 2.08. The van der Waals surface area contributed by atoms with Crippen molar-refractivity contribution in [1.29, 1.82) is 5.26 Å². The molecule has 0 aromatic heterocycles. The number of carbonyl (C=O) groups excluding carboxylic acids is 1. The van der Waals surface area contributed by atoms with E-state index in [-0.39, 0.29) is 18.8 Å². The van der Waals surface area contributed by atoms with Gasteiger partial charge < -0.3 is 20.5 Å². The predicted molar refractivity (Wildman–Crippen MR) is 82.4 cm³/mol. The van der Waals surface area contributed by atoms with Gasteiger partial charge in [-0.15, -0.1) is 0 Å². The SMILES string of the molecule is N#C/C(=C/NCCOCCO)C(=O)Nc1ccc(Br)cc1. The minimum atomic E-state index is -0.483. The molecule has 0 unspecified atom stereocenters. The van der Waals surface area contributed by atoms with Crippen LogP contribution in [0.5, 0.6) is 0 Å². The normalized spacial score (nSPS) is 10.8. The van der Waals surface area contributed by atoms with E-state index in [1.54, 1.807) is 24.3 Å². The van der Waals surface area contributed by atoms with Crippen molar-refractivity contribution in [1.82, 2.24) is 5.32 Å². The third-order valence-corrected chi connectivity index (χ3v) is 2.87. The van der Waals surface area contributed by atoms with E-state index in [2.05, 4.69) is 26.6 Å². The summed E-state index contributed by atoms with van der Waals surface area (Å²) >= 11 is 3.30. The van der Waals surface area contributed by atoms with Crippen LogP contribution in [-0.4, -0.2) is 37.4 Å². The summed E-state index contributed by atoms with van der Waals surface area (Å²) in [6.07, 6.45) is 1.34. The zero-order valence-corrected chi connectivity index (χ0v) is 12.9. The number of aliphatic hydroxyl groups is 1. The summed E-state index contributed by atoms with van der Waals surface area (Å²) in [6, 6.07) is 8.88. The zero-order valence-electron chi connectivity index (χ0n) is 11.3. The lowest BCUT2D eigenvalue weighted by Crippen LogP contribution is -2.19. The first-order chi connectivity index (χ1) is 10.2. The Morgan fingerprint density at radius 3 is 2.71 bits per heavy atom. The summed E-state index contributed by atoms with van der Waals surface area (Å²) in [6.45, 7) is 1.05. The molecular formula is C14H16BrN3O3. The van der Waals surface area contributed by atoms with Crippen LogP contribution in [0.4, 0.5) is 5.69 Å². The highest BCUT2D eigenvalue weighted by molar-refractivity contribution is 9.10. The van der Waals surface area contributed by atoms with Crippen LogP contribution >= 0.6 is 15.9 Å². The molecule has 0 bridgehead atoms. The second-order valence-corrected chi connectivity index (χ2v) is 4.84. The molecule has 6 nitrogen and oxygen atoms in total. The van der Waals surface area contributed by atoms with Crippen LogP contribution in [0, 0.1) is 11.3 Å². The number of nitrogens with zero attached hydrogens (tertiary/aromatic N) is 1. The predicted octanol–water partition coefficient (Wildman–Crippen LogP) is 1.39. The molecule has 1 amide bonds. The lowest BCUT2D eigenvalue weighted by atomic mass is 10.2. The van der Waals surface area contributed by atoms with Crippen LogP contribution in [0.2, 0.25) is 0 Å². The van der Waals surface area contributed by atoms with Crippen molar-refractivity contribution in [3.8, 4) is 6.07 Å². The molecule has 7 heteroatoms. The van der Waals surface area contributed by atoms with Gasteiger partial charge in [-0.25, -0.2) is 0 Å². The van der Waals surface area contributed by atoms with Gasteiger partial charge in [0.05, 0.1) is 19.8 Å². The smallest absolute Gasteiger partial charge is 0.267 e. The molecule has 0 aliphatic rings. The fourth-order valence-corrected chi connectivity index (χ4v) is 1.62. The van der Waals surface area contributed by atoms with E-state index in [1.807, 2.05) is 6.07 Å². The number of hydrogen-bond acceptors (Lipinski definition) is 5. The summed E-state index contributed by atoms with van der Waals surface area (Å²) in [4.78, 5) is 11.9. The molecule has 0 radical (unpaired) electrons. The van der Waals surface area contributed by atoms with E-state index in [0.717, 1.165) is 4.47 Å². The van der Waals surface area contributed by atoms with Crippen molar-refractivity contribution in [3.05, 3.63) is 40.5 Å².